The number of aliphatic hydroxyl groups excluding tert-OH is 1. The summed E-state index contributed by atoms with van der Waals surface area (Å²) in [5, 5.41) is 12.2. The van der Waals surface area contributed by atoms with Gasteiger partial charge >= 0.3 is 0 Å². The van der Waals surface area contributed by atoms with Gasteiger partial charge in [-0.1, -0.05) is 6.08 Å². The molecule has 0 aliphatic heterocycles. The van der Waals surface area contributed by atoms with E-state index in [9.17, 15) is 18.7 Å². The van der Waals surface area contributed by atoms with Crippen molar-refractivity contribution in [3.05, 3.63) is 63.3 Å². The standard InChI is InChI=1S/C18H15F2IN2O3/c19-9-5-15(23-14-4-1-10(21)7-13(14)20)17(18(22)25)16(6-9)26-12-3-2-11(24)8-12/h1-7,11-12,23-24H,8H2,(H2,22,25). The molecule has 4 N–H and O–H groups in total. The van der Waals surface area contributed by atoms with Crippen molar-refractivity contribution in [1.82, 2.24) is 0 Å². The molecule has 0 bridgehead atoms. The SMILES string of the molecule is NC(=O)c1c(Nc2ccc(I)cc2F)cc(F)cc1OC1C=CC(O)C1. The van der Waals surface area contributed by atoms with Gasteiger partial charge in [-0.15, -0.1) is 0 Å². The number of benzene rings is 2. The summed E-state index contributed by atoms with van der Waals surface area (Å²) in [6.07, 6.45) is 2.26. The number of halogens is 3. The molecule has 0 saturated carbocycles. The van der Waals surface area contributed by atoms with Gasteiger partial charge in [0.1, 0.15) is 29.1 Å². The van der Waals surface area contributed by atoms with Gasteiger partial charge in [0, 0.05) is 16.1 Å². The van der Waals surface area contributed by atoms with Crippen LogP contribution in [0.15, 0.2) is 42.5 Å². The van der Waals surface area contributed by atoms with Crippen LogP contribution in [0.25, 0.3) is 0 Å². The highest BCUT2D eigenvalue weighted by Gasteiger charge is 2.23. The molecule has 2 aromatic rings. The number of aliphatic hydroxyl groups is 1. The topological polar surface area (TPSA) is 84.6 Å². The Morgan fingerprint density at radius 2 is 2.00 bits per heavy atom. The first kappa shape index (κ1) is 18.6. The zero-order valence-corrected chi connectivity index (χ0v) is 15.5. The van der Waals surface area contributed by atoms with Gasteiger partial charge in [0.15, 0.2) is 0 Å². The van der Waals surface area contributed by atoms with Crippen molar-refractivity contribution in [1.29, 1.82) is 0 Å². The van der Waals surface area contributed by atoms with Crippen molar-refractivity contribution in [3.63, 3.8) is 0 Å². The molecule has 3 rings (SSSR count). The summed E-state index contributed by atoms with van der Waals surface area (Å²) < 4.78 is 34.5. The van der Waals surface area contributed by atoms with Gasteiger partial charge in [-0.05, 0) is 52.9 Å². The summed E-state index contributed by atoms with van der Waals surface area (Å²) in [6, 6.07) is 6.52. The van der Waals surface area contributed by atoms with Crippen LogP contribution in [-0.4, -0.2) is 23.2 Å². The van der Waals surface area contributed by atoms with Crippen molar-refractivity contribution in [3.8, 4) is 5.75 Å². The number of carbonyl (C=O) groups excluding carboxylic acids is 1. The molecule has 8 heteroatoms. The number of hydrogen-bond donors (Lipinski definition) is 3. The van der Waals surface area contributed by atoms with Crippen LogP contribution in [0, 0.1) is 15.2 Å². The van der Waals surface area contributed by atoms with E-state index in [0.717, 1.165) is 12.1 Å². The van der Waals surface area contributed by atoms with E-state index in [1.807, 2.05) is 22.6 Å². The van der Waals surface area contributed by atoms with Gasteiger partial charge in [0.2, 0.25) is 0 Å². The molecular formula is C18H15F2IN2O3. The number of amides is 1. The average molecular weight is 472 g/mol. The Morgan fingerprint density at radius 1 is 1.23 bits per heavy atom. The van der Waals surface area contributed by atoms with Gasteiger partial charge < -0.3 is 20.9 Å². The molecule has 26 heavy (non-hydrogen) atoms. The lowest BCUT2D eigenvalue weighted by atomic mass is 10.1. The molecule has 0 aromatic heterocycles. The lowest BCUT2D eigenvalue weighted by molar-refractivity contribution is 0.0994. The Bertz CT molecular complexity index is 889. The predicted octanol–water partition coefficient (Wildman–Crippen LogP) is 3.48. The van der Waals surface area contributed by atoms with Gasteiger partial charge in [0.05, 0.1) is 17.5 Å². The molecule has 2 unspecified atom stereocenters. The second-order valence-corrected chi connectivity index (χ2v) is 7.03. The molecule has 1 amide bonds. The highest BCUT2D eigenvalue weighted by Crippen LogP contribution is 2.33. The lowest BCUT2D eigenvalue weighted by Crippen LogP contribution is -2.20. The van der Waals surface area contributed by atoms with Crippen molar-refractivity contribution in [2.24, 2.45) is 5.73 Å². The Labute approximate surface area is 162 Å². The van der Waals surface area contributed by atoms with Crippen LogP contribution in [0.3, 0.4) is 0 Å². The van der Waals surface area contributed by atoms with Crippen molar-refractivity contribution in [2.45, 2.75) is 18.6 Å². The number of nitrogens with one attached hydrogen (secondary N) is 1. The van der Waals surface area contributed by atoms with E-state index < -0.39 is 29.7 Å². The maximum absolute atomic E-state index is 14.1. The second-order valence-electron chi connectivity index (χ2n) is 5.78. The Morgan fingerprint density at radius 3 is 2.62 bits per heavy atom. The molecule has 0 saturated heterocycles. The number of carbonyl (C=O) groups is 1. The maximum atomic E-state index is 14.1. The van der Waals surface area contributed by atoms with Crippen LogP contribution >= 0.6 is 22.6 Å². The highest BCUT2D eigenvalue weighted by atomic mass is 127. The third-order valence-electron chi connectivity index (χ3n) is 3.81. The monoisotopic (exact) mass is 472 g/mol. The van der Waals surface area contributed by atoms with Crippen LogP contribution in [0.5, 0.6) is 5.75 Å². The largest absolute Gasteiger partial charge is 0.485 e. The Kier molecular flexibility index (Phi) is 5.42. The number of anilines is 2. The molecule has 0 fully saturated rings. The fourth-order valence-electron chi connectivity index (χ4n) is 2.66. The number of rotatable bonds is 5. The van der Waals surface area contributed by atoms with E-state index >= 15 is 0 Å². The molecule has 136 valence electrons. The number of ether oxygens (including phenoxy) is 1. The first-order chi connectivity index (χ1) is 12.3. The van der Waals surface area contributed by atoms with Crippen LogP contribution in [0.2, 0.25) is 0 Å². The lowest BCUT2D eigenvalue weighted by Gasteiger charge is -2.18. The van der Waals surface area contributed by atoms with Gasteiger partial charge in [0.25, 0.3) is 5.91 Å². The molecule has 2 atom stereocenters. The summed E-state index contributed by atoms with van der Waals surface area (Å²) in [5.74, 6) is -2.16. The molecule has 0 radical (unpaired) electrons. The first-order valence-electron chi connectivity index (χ1n) is 7.72. The van der Waals surface area contributed by atoms with E-state index in [2.05, 4.69) is 5.32 Å². The summed E-state index contributed by atoms with van der Waals surface area (Å²) in [6.45, 7) is 0. The van der Waals surface area contributed by atoms with Crippen LogP contribution in [-0.2, 0) is 0 Å². The average Bonchev–Trinajstić information content (AvgIpc) is 2.94. The Hall–Kier alpha value is -2.20. The molecule has 1 aliphatic rings. The van der Waals surface area contributed by atoms with Gasteiger partial charge in [-0.3, -0.25) is 4.79 Å². The Balaban J connectivity index is 1.98. The molecular weight excluding hydrogens is 457 g/mol. The summed E-state index contributed by atoms with van der Waals surface area (Å²) >= 11 is 1.96. The molecule has 5 nitrogen and oxygen atoms in total. The number of hydrogen-bond acceptors (Lipinski definition) is 4. The van der Waals surface area contributed by atoms with E-state index in [4.69, 9.17) is 10.5 Å². The first-order valence-corrected chi connectivity index (χ1v) is 8.80. The normalized spacial score (nSPS) is 18.8. The quantitative estimate of drug-likeness (QED) is 0.460. The van der Waals surface area contributed by atoms with Crippen LogP contribution < -0.4 is 15.8 Å². The summed E-state index contributed by atoms with van der Waals surface area (Å²) in [5.41, 5.74) is 5.41. The summed E-state index contributed by atoms with van der Waals surface area (Å²) in [7, 11) is 0. The predicted molar refractivity (Wildman–Crippen MR) is 101 cm³/mol. The fourth-order valence-corrected chi connectivity index (χ4v) is 3.11. The van der Waals surface area contributed by atoms with E-state index in [0.29, 0.717) is 3.57 Å². The zero-order valence-electron chi connectivity index (χ0n) is 13.4. The molecule has 1 aliphatic carbocycles. The highest BCUT2D eigenvalue weighted by molar-refractivity contribution is 14.1. The van der Waals surface area contributed by atoms with Gasteiger partial charge in [-0.25, -0.2) is 8.78 Å². The van der Waals surface area contributed by atoms with E-state index in [-0.39, 0.29) is 29.1 Å². The van der Waals surface area contributed by atoms with Crippen molar-refractivity contribution < 1.29 is 23.4 Å². The van der Waals surface area contributed by atoms with Crippen molar-refractivity contribution in [2.75, 3.05) is 5.32 Å². The minimum atomic E-state index is -0.851. The molecule has 0 heterocycles. The third-order valence-corrected chi connectivity index (χ3v) is 4.48. The maximum Gasteiger partial charge on any atom is 0.254 e. The number of nitrogens with two attached hydrogens (primary N) is 1. The van der Waals surface area contributed by atoms with Gasteiger partial charge in [-0.2, -0.15) is 0 Å². The fraction of sp³-hybridized carbons (Fsp3) is 0.167. The van der Waals surface area contributed by atoms with E-state index in [1.165, 1.54) is 12.1 Å². The minimum Gasteiger partial charge on any atom is -0.485 e. The summed E-state index contributed by atoms with van der Waals surface area (Å²) in [4.78, 5) is 11.9. The van der Waals surface area contributed by atoms with Crippen molar-refractivity contribution >= 4 is 39.9 Å². The van der Waals surface area contributed by atoms with E-state index in [1.54, 1.807) is 18.2 Å². The molecule has 0 spiro atoms. The number of primary amides is 1. The third kappa shape index (κ3) is 4.13. The second kappa shape index (κ2) is 7.58. The zero-order chi connectivity index (χ0) is 18.8. The van der Waals surface area contributed by atoms with Crippen LogP contribution in [0.4, 0.5) is 20.2 Å². The minimum absolute atomic E-state index is 0.00451. The smallest absolute Gasteiger partial charge is 0.254 e. The molecule has 2 aromatic carbocycles. The van der Waals surface area contributed by atoms with Crippen LogP contribution in [0.1, 0.15) is 16.8 Å².